The van der Waals surface area contributed by atoms with Crippen LogP contribution in [-0.4, -0.2) is 58.2 Å². The number of benzene rings is 1. The number of anilines is 1. The lowest BCUT2D eigenvalue weighted by Gasteiger charge is -2.45. The number of nitrogens with one attached hydrogen (secondary N) is 1. The summed E-state index contributed by atoms with van der Waals surface area (Å²) >= 11 is 0. The van der Waals surface area contributed by atoms with Gasteiger partial charge in [0.1, 0.15) is 0 Å². The Morgan fingerprint density at radius 3 is 2.50 bits per heavy atom. The summed E-state index contributed by atoms with van der Waals surface area (Å²) in [7, 11) is 1.97. The van der Waals surface area contributed by atoms with Crippen molar-refractivity contribution in [2.24, 2.45) is 13.0 Å². The molecule has 0 radical (unpaired) electrons. The molecule has 36 heavy (non-hydrogen) atoms. The quantitative estimate of drug-likeness (QED) is 0.564. The first-order chi connectivity index (χ1) is 17.3. The third-order valence-electron chi connectivity index (χ3n) is 9.04. The van der Waals surface area contributed by atoms with Crippen molar-refractivity contribution >= 4 is 28.4 Å². The van der Waals surface area contributed by atoms with Crippen LogP contribution in [0.25, 0.3) is 10.9 Å². The van der Waals surface area contributed by atoms with Crippen LogP contribution >= 0.6 is 0 Å². The molecule has 1 N–H and O–H groups in total. The number of imide groups is 1. The first kappa shape index (κ1) is 25.2. The van der Waals surface area contributed by atoms with Crippen molar-refractivity contribution in [3.8, 4) is 0 Å². The van der Waals surface area contributed by atoms with Crippen molar-refractivity contribution < 1.29 is 9.59 Å². The molecule has 3 fully saturated rings. The molecule has 1 aromatic carbocycles. The first-order valence-electron chi connectivity index (χ1n) is 14.1. The molecule has 7 heteroatoms. The smallest absolute Gasteiger partial charge is 0.235 e. The third-order valence-corrected chi connectivity index (χ3v) is 9.04. The topological polar surface area (TPSA) is 70.5 Å². The van der Waals surface area contributed by atoms with E-state index >= 15 is 0 Å². The van der Waals surface area contributed by atoms with Gasteiger partial charge in [-0.3, -0.25) is 24.5 Å². The maximum atomic E-state index is 12.5. The molecule has 1 saturated carbocycles. The highest BCUT2D eigenvalue weighted by molar-refractivity contribution is 6.03. The van der Waals surface area contributed by atoms with E-state index in [2.05, 4.69) is 47.2 Å². The number of amides is 2. The van der Waals surface area contributed by atoms with E-state index in [1.54, 1.807) is 0 Å². The second-order valence-corrected chi connectivity index (χ2v) is 11.9. The maximum absolute atomic E-state index is 12.5. The Hall–Kier alpha value is -2.41. The zero-order chi connectivity index (χ0) is 25.3. The second-order valence-electron chi connectivity index (χ2n) is 11.9. The van der Waals surface area contributed by atoms with E-state index in [0.717, 1.165) is 48.7 Å². The Morgan fingerprint density at radius 2 is 1.78 bits per heavy atom. The van der Waals surface area contributed by atoms with Crippen molar-refractivity contribution in [2.75, 3.05) is 31.1 Å². The lowest BCUT2D eigenvalue weighted by Crippen LogP contribution is -2.54. The highest BCUT2D eigenvalue weighted by Crippen LogP contribution is 2.36. The van der Waals surface area contributed by atoms with Gasteiger partial charge in [-0.25, -0.2) is 0 Å². The van der Waals surface area contributed by atoms with Crippen molar-refractivity contribution in [1.29, 1.82) is 0 Å². The number of nitrogens with zero attached hydrogens (tertiary/aromatic N) is 4. The van der Waals surface area contributed by atoms with Gasteiger partial charge in [0, 0.05) is 50.6 Å². The van der Waals surface area contributed by atoms with Crippen LogP contribution < -0.4 is 10.2 Å². The van der Waals surface area contributed by atoms with Crippen LogP contribution in [0.1, 0.15) is 89.7 Å². The van der Waals surface area contributed by atoms with Crippen molar-refractivity contribution in [3.05, 3.63) is 23.9 Å². The van der Waals surface area contributed by atoms with Gasteiger partial charge in [-0.1, -0.05) is 57.1 Å². The van der Waals surface area contributed by atoms with E-state index < -0.39 is 0 Å². The minimum absolute atomic E-state index is 0.188. The molecule has 7 nitrogen and oxygen atoms in total. The molecule has 3 aliphatic rings. The molecule has 3 heterocycles. The highest BCUT2D eigenvalue weighted by Gasteiger charge is 2.34. The number of carbonyl (C=O) groups is 2. The monoisotopic (exact) mass is 493 g/mol. The van der Waals surface area contributed by atoms with Crippen LogP contribution in [0, 0.1) is 5.92 Å². The molecule has 1 atom stereocenters. The standard InChI is InChI=1S/C29H43N5O2/c1-29(2,16-8-11-21-9-5-4-6-10-21)34-19-17-33(18-20-34)24-13-7-12-22-26(31-32(3)27(22)24)23-14-15-25(35)30-28(23)36/h7,12-13,21,23H,4-6,8-11,14-20H2,1-3H3,(H,30,35,36). The number of aromatic nitrogens is 2. The molecule has 2 aromatic rings. The van der Waals surface area contributed by atoms with Gasteiger partial charge in [0.2, 0.25) is 11.8 Å². The van der Waals surface area contributed by atoms with Crippen LogP contribution in [0.5, 0.6) is 0 Å². The summed E-state index contributed by atoms with van der Waals surface area (Å²) in [6.45, 7) is 8.96. The number of aryl methyl sites for hydroxylation is 1. The number of piperazine rings is 1. The molecule has 196 valence electrons. The minimum Gasteiger partial charge on any atom is -0.367 e. The Labute approximate surface area is 215 Å². The fraction of sp³-hybridized carbons (Fsp3) is 0.690. The predicted octanol–water partition coefficient (Wildman–Crippen LogP) is 4.74. The molecular formula is C29H43N5O2. The van der Waals surface area contributed by atoms with Gasteiger partial charge in [-0.05, 0) is 38.7 Å². The van der Waals surface area contributed by atoms with Gasteiger partial charge >= 0.3 is 0 Å². The predicted molar refractivity (Wildman–Crippen MR) is 144 cm³/mol. The van der Waals surface area contributed by atoms with Crippen LogP contribution in [-0.2, 0) is 16.6 Å². The Balaban J connectivity index is 1.24. The van der Waals surface area contributed by atoms with Crippen LogP contribution in [0.15, 0.2) is 18.2 Å². The summed E-state index contributed by atoms with van der Waals surface area (Å²) in [5, 5.41) is 8.29. The first-order valence-corrected chi connectivity index (χ1v) is 14.1. The molecule has 2 amide bonds. The molecule has 0 spiro atoms. The molecule has 2 saturated heterocycles. The molecule has 1 aromatic heterocycles. The van der Waals surface area contributed by atoms with Crippen molar-refractivity contribution in [3.63, 3.8) is 0 Å². The van der Waals surface area contributed by atoms with E-state index in [-0.39, 0.29) is 23.3 Å². The summed E-state index contributed by atoms with van der Waals surface area (Å²) in [6, 6.07) is 6.33. The number of piperidine rings is 1. The zero-order valence-electron chi connectivity index (χ0n) is 22.4. The highest BCUT2D eigenvalue weighted by atomic mass is 16.2. The van der Waals surface area contributed by atoms with Gasteiger partial charge in [0.15, 0.2) is 0 Å². The normalized spacial score (nSPS) is 22.9. The molecule has 5 rings (SSSR count). The summed E-state index contributed by atoms with van der Waals surface area (Å²) in [5.41, 5.74) is 3.29. The summed E-state index contributed by atoms with van der Waals surface area (Å²) < 4.78 is 1.92. The van der Waals surface area contributed by atoms with E-state index in [1.807, 2.05) is 11.7 Å². The van der Waals surface area contributed by atoms with Gasteiger partial charge in [-0.15, -0.1) is 0 Å². The largest absolute Gasteiger partial charge is 0.367 e. The molecular weight excluding hydrogens is 450 g/mol. The van der Waals surface area contributed by atoms with E-state index in [4.69, 9.17) is 5.10 Å². The lowest BCUT2D eigenvalue weighted by atomic mass is 9.84. The van der Waals surface area contributed by atoms with E-state index in [1.165, 1.54) is 57.1 Å². The fourth-order valence-corrected chi connectivity index (χ4v) is 6.82. The fourth-order valence-electron chi connectivity index (χ4n) is 6.82. The second kappa shape index (κ2) is 10.5. The van der Waals surface area contributed by atoms with Crippen LogP contribution in [0.4, 0.5) is 5.69 Å². The number of fused-ring (bicyclic) bond motifs is 1. The van der Waals surface area contributed by atoms with E-state index in [9.17, 15) is 9.59 Å². The SMILES string of the molecule is Cn1nc(C2CCC(=O)NC2=O)c2cccc(N3CCN(C(C)(C)CCCC4CCCCC4)CC3)c21. The summed E-state index contributed by atoms with van der Waals surface area (Å²) in [5.74, 6) is 0.187. The minimum atomic E-state index is -0.368. The average molecular weight is 494 g/mol. The Morgan fingerprint density at radius 1 is 1.03 bits per heavy atom. The number of hydrogen-bond donors (Lipinski definition) is 1. The van der Waals surface area contributed by atoms with Gasteiger partial charge < -0.3 is 4.90 Å². The average Bonchev–Trinajstić information content (AvgIpc) is 3.21. The van der Waals surface area contributed by atoms with Crippen LogP contribution in [0.2, 0.25) is 0 Å². The summed E-state index contributed by atoms with van der Waals surface area (Å²) in [4.78, 5) is 29.3. The third kappa shape index (κ3) is 5.17. The van der Waals surface area contributed by atoms with Crippen molar-refractivity contribution in [1.82, 2.24) is 20.0 Å². The molecule has 2 aliphatic heterocycles. The zero-order valence-corrected chi connectivity index (χ0v) is 22.4. The summed E-state index contributed by atoms with van der Waals surface area (Å²) in [6.07, 6.45) is 12.1. The Kier molecular flexibility index (Phi) is 7.38. The lowest BCUT2D eigenvalue weighted by molar-refractivity contribution is -0.134. The Bertz CT molecular complexity index is 1090. The number of rotatable bonds is 7. The van der Waals surface area contributed by atoms with Crippen molar-refractivity contribution in [2.45, 2.75) is 89.5 Å². The molecule has 1 unspecified atom stereocenters. The van der Waals surface area contributed by atoms with Gasteiger partial charge in [0.25, 0.3) is 0 Å². The number of hydrogen-bond acceptors (Lipinski definition) is 5. The van der Waals surface area contributed by atoms with Gasteiger partial charge in [-0.2, -0.15) is 5.10 Å². The number of para-hydroxylation sites is 1. The molecule has 0 bridgehead atoms. The number of carbonyl (C=O) groups excluding carboxylic acids is 2. The molecule has 1 aliphatic carbocycles. The van der Waals surface area contributed by atoms with E-state index in [0.29, 0.717) is 12.8 Å². The van der Waals surface area contributed by atoms with Gasteiger partial charge in [0.05, 0.1) is 22.8 Å². The van der Waals surface area contributed by atoms with Crippen LogP contribution in [0.3, 0.4) is 0 Å². The maximum Gasteiger partial charge on any atom is 0.235 e.